The Balaban J connectivity index is 1.82. The minimum absolute atomic E-state index is 0.277. The van der Waals surface area contributed by atoms with E-state index in [-0.39, 0.29) is 5.82 Å². The van der Waals surface area contributed by atoms with Gasteiger partial charge in [0, 0.05) is 15.5 Å². The molecule has 0 aliphatic carbocycles. The van der Waals surface area contributed by atoms with Crippen molar-refractivity contribution in [3.8, 4) is 5.75 Å². The number of anilines is 1. The molecule has 0 saturated carbocycles. The molecular weight excluding hydrogens is 337 g/mol. The molecule has 0 unspecified atom stereocenters. The van der Waals surface area contributed by atoms with Gasteiger partial charge in [-0.05, 0) is 46.3 Å². The van der Waals surface area contributed by atoms with Crippen molar-refractivity contribution in [3.05, 3.63) is 58.5 Å². The number of fused-ring (bicyclic) bond motifs is 1. The van der Waals surface area contributed by atoms with E-state index in [9.17, 15) is 4.39 Å². The lowest BCUT2D eigenvalue weighted by molar-refractivity contribution is 0.408. The Bertz CT molecular complexity index is 785. The highest BCUT2D eigenvalue weighted by Gasteiger charge is 2.09. The van der Waals surface area contributed by atoms with E-state index < -0.39 is 0 Å². The summed E-state index contributed by atoms with van der Waals surface area (Å²) in [5.41, 5.74) is 1.54. The van der Waals surface area contributed by atoms with Gasteiger partial charge in [-0.1, -0.05) is 12.1 Å². The summed E-state index contributed by atoms with van der Waals surface area (Å²) in [5, 5.41) is 4.20. The lowest BCUT2D eigenvalue weighted by Crippen LogP contribution is -1.98. The first-order chi connectivity index (χ1) is 10.2. The van der Waals surface area contributed by atoms with Crippen LogP contribution in [0.25, 0.3) is 11.0 Å². The standard InChI is InChI=1S/C16H13BrFNO2/c1-20-15-4-2-3-10-7-12(21-16(10)15)9-19-14-6-5-11(18)8-13(14)17/h2-8,19H,9H2,1H3. The summed E-state index contributed by atoms with van der Waals surface area (Å²) in [6.07, 6.45) is 0. The molecule has 0 bridgehead atoms. The van der Waals surface area contributed by atoms with Gasteiger partial charge >= 0.3 is 0 Å². The van der Waals surface area contributed by atoms with E-state index in [4.69, 9.17) is 9.15 Å². The zero-order valence-corrected chi connectivity index (χ0v) is 12.9. The molecule has 0 amide bonds. The summed E-state index contributed by atoms with van der Waals surface area (Å²) >= 11 is 3.33. The second-order valence-electron chi connectivity index (χ2n) is 4.57. The number of ether oxygens (including phenoxy) is 1. The Morgan fingerprint density at radius 1 is 1.24 bits per heavy atom. The molecule has 3 nitrogen and oxygen atoms in total. The fourth-order valence-electron chi connectivity index (χ4n) is 2.15. The van der Waals surface area contributed by atoms with Gasteiger partial charge in [0.15, 0.2) is 11.3 Å². The fourth-order valence-corrected chi connectivity index (χ4v) is 2.64. The highest BCUT2D eigenvalue weighted by Crippen LogP contribution is 2.29. The van der Waals surface area contributed by atoms with Crippen molar-refractivity contribution < 1.29 is 13.5 Å². The zero-order valence-electron chi connectivity index (χ0n) is 11.3. The molecule has 21 heavy (non-hydrogen) atoms. The van der Waals surface area contributed by atoms with Gasteiger partial charge in [0.2, 0.25) is 0 Å². The van der Waals surface area contributed by atoms with Crippen LogP contribution in [-0.4, -0.2) is 7.11 Å². The number of furan rings is 1. The minimum atomic E-state index is -0.277. The first kappa shape index (κ1) is 13.9. The van der Waals surface area contributed by atoms with Crippen molar-refractivity contribution in [1.82, 2.24) is 0 Å². The number of hydrogen-bond acceptors (Lipinski definition) is 3. The number of halogens is 2. The third kappa shape index (κ3) is 2.88. The SMILES string of the molecule is COc1cccc2cc(CNc3ccc(F)cc3Br)oc12. The third-order valence-electron chi connectivity index (χ3n) is 3.16. The Morgan fingerprint density at radius 2 is 2.10 bits per heavy atom. The van der Waals surface area contributed by atoms with Gasteiger partial charge in [-0.3, -0.25) is 0 Å². The summed E-state index contributed by atoms with van der Waals surface area (Å²) < 4.78 is 24.8. The molecule has 3 aromatic rings. The number of para-hydroxylation sites is 1. The van der Waals surface area contributed by atoms with Crippen molar-refractivity contribution in [2.24, 2.45) is 0 Å². The second-order valence-corrected chi connectivity index (χ2v) is 5.42. The molecule has 0 aliphatic heterocycles. The van der Waals surface area contributed by atoms with E-state index in [2.05, 4.69) is 21.2 Å². The van der Waals surface area contributed by atoms with Crippen molar-refractivity contribution in [3.63, 3.8) is 0 Å². The van der Waals surface area contributed by atoms with E-state index >= 15 is 0 Å². The highest BCUT2D eigenvalue weighted by molar-refractivity contribution is 9.10. The van der Waals surface area contributed by atoms with E-state index in [1.165, 1.54) is 12.1 Å². The zero-order chi connectivity index (χ0) is 14.8. The van der Waals surface area contributed by atoms with Crippen LogP contribution in [0.3, 0.4) is 0 Å². The van der Waals surface area contributed by atoms with Crippen LogP contribution in [0.15, 0.2) is 51.4 Å². The summed E-state index contributed by atoms with van der Waals surface area (Å²) in [4.78, 5) is 0. The predicted molar refractivity (Wildman–Crippen MR) is 84.2 cm³/mol. The lowest BCUT2D eigenvalue weighted by Gasteiger charge is -2.06. The van der Waals surface area contributed by atoms with Crippen LogP contribution in [0.4, 0.5) is 10.1 Å². The molecule has 108 valence electrons. The van der Waals surface area contributed by atoms with Gasteiger partial charge < -0.3 is 14.5 Å². The topological polar surface area (TPSA) is 34.4 Å². The van der Waals surface area contributed by atoms with Gasteiger partial charge in [0.25, 0.3) is 0 Å². The fraction of sp³-hybridized carbons (Fsp3) is 0.125. The Hall–Kier alpha value is -2.01. The molecule has 2 aromatic carbocycles. The van der Waals surface area contributed by atoms with Crippen molar-refractivity contribution in [2.75, 3.05) is 12.4 Å². The first-order valence-electron chi connectivity index (χ1n) is 6.42. The van der Waals surface area contributed by atoms with Crippen molar-refractivity contribution in [2.45, 2.75) is 6.54 Å². The maximum Gasteiger partial charge on any atom is 0.176 e. The average Bonchev–Trinajstić information content (AvgIpc) is 2.89. The van der Waals surface area contributed by atoms with Gasteiger partial charge in [-0.2, -0.15) is 0 Å². The molecule has 0 aliphatic rings. The van der Waals surface area contributed by atoms with E-state index in [0.717, 1.165) is 22.4 Å². The molecule has 1 heterocycles. The molecule has 0 fully saturated rings. The average molecular weight is 350 g/mol. The van der Waals surface area contributed by atoms with E-state index in [0.29, 0.717) is 16.8 Å². The lowest BCUT2D eigenvalue weighted by atomic mass is 10.2. The van der Waals surface area contributed by atoms with Crippen LogP contribution < -0.4 is 10.1 Å². The quantitative estimate of drug-likeness (QED) is 0.723. The Kier molecular flexibility index (Phi) is 3.84. The van der Waals surface area contributed by atoms with Crippen LogP contribution in [-0.2, 0) is 6.54 Å². The summed E-state index contributed by atoms with van der Waals surface area (Å²) in [7, 11) is 1.62. The molecule has 5 heteroatoms. The largest absolute Gasteiger partial charge is 0.493 e. The molecule has 0 spiro atoms. The van der Waals surface area contributed by atoms with Gasteiger partial charge in [0.1, 0.15) is 11.6 Å². The van der Waals surface area contributed by atoms with Crippen molar-refractivity contribution >= 4 is 32.6 Å². The molecular formula is C16H13BrFNO2. The Labute approximate surface area is 129 Å². The molecule has 1 aromatic heterocycles. The van der Waals surface area contributed by atoms with Crippen LogP contribution in [0.1, 0.15) is 5.76 Å². The number of methoxy groups -OCH3 is 1. The van der Waals surface area contributed by atoms with Crippen LogP contribution in [0.2, 0.25) is 0 Å². The first-order valence-corrected chi connectivity index (χ1v) is 7.21. The monoisotopic (exact) mass is 349 g/mol. The molecule has 3 rings (SSSR count). The maximum atomic E-state index is 13.0. The van der Waals surface area contributed by atoms with Gasteiger partial charge in [-0.25, -0.2) is 4.39 Å². The maximum absolute atomic E-state index is 13.0. The molecule has 0 radical (unpaired) electrons. The summed E-state index contributed by atoms with van der Waals surface area (Å²) in [6, 6.07) is 12.2. The van der Waals surface area contributed by atoms with E-state index in [1.807, 2.05) is 24.3 Å². The predicted octanol–water partition coefficient (Wildman–Crippen LogP) is 4.96. The number of benzene rings is 2. The normalized spacial score (nSPS) is 10.8. The van der Waals surface area contributed by atoms with Crippen molar-refractivity contribution in [1.29, 1.82) is 0 Å². The summed E-state index contributed by atoms with van der Waals surface area (Å²) in [6.45, 7) is 0.502. The van der Waals surface area contributed by atoms with E-state index in [1.54, 1.807) is 13.2 Å². The molecule has 0 atom stereocenters. The number of rotatable bonds is 4. The summed E-state index contributed by atoms with van der Waals surface area (Å²) in [5.74, 6) is 1.22. The van der Waals surface area contributed by atoms with Crippen LogP contribution in [0.5, 0.6) is 5.75 Å². The Morgan fingerprint density at radius 3 is 2.86 bits per heavy atom. The number of hydrogen-bond donors (Lipinski definition) is 1. The minimum Gasteiger partial charge on any atom is -0.493 e. The highest BCUT2D eigenvalue weighted by atomic mass is 79.9. The molecule has 0 saturated heterocycles. The molecule has 1 N–H and O–H groups in total. The third-order valence-corrected chi connectivity index (χ3v) is 3.82. The smallest absolute Gasteiger partial charge is 0.176 e. The van der Waals surface area contributed by atoms with Crippen LogP contribution in [0, 0.1) is 5.82 Å². The van der Waals surface area contributed by atoms with Crippen LogP contribution >= 0.6 is 15.9 Å². The van der Waals surface area contributed by atoms with Gasteiger partial charge in [0.05, 0.1) is 13.7 Å². The van der Waals surface area contributed by atoms with Gasteiger partial charge in [-0.15, -0.1) is 0 Å². The second kappa shape index (κ2) is 5.77. The number of nitrogens with one attached hydrogen (secondary N) is 1.